The van der Waals surface area contributed by atoms with Gasteiger partial charge >= 0.3 is 0 Å². The maximum absolute atomic E-state index is 13.0. The van der Waals surface area contributed by atoms with Gasteiger partial charge in [0.25, 0.3) is 11.1 Å². The Bertz CT molecular complexity index is 1120. The molecular formula is C20H24N4O4. The van der Waals surface area contributed by atoms with Crippen LogP contribution in [0.1, 0.15) is 26.0 Å². The number of rotatable bonds is 7. The van der Waals surface area contributed by atoms with Crippen LogP contribution in [-0.4, -0.2) is 33.5 Å². The van der Waals surface area contributed by atoms with E-state index in [4.69, 9.17) is 4.74 Å². The summed E-state index contributed by atoms with van der Waals surface area (Å²) < 4.78 is 8.32. The number of hydrogen-bond donors (Lipinski definition) is 2. The molecule has 0 spiro atoms. The lowest BCUT2D eigenvalue weighted by molar-refractivity contribution is -0.114. The van der Waals surface area contributed by atoms with E-state index in [0.29, 0.717) is 54.2 Å². The van der Waals surface area contributed by atoms with Gasteiger partial charge in [0, 0.05) is 44.1 Å². The van der Waals surface area contributed by atoms with Crippen LogP contribution in [0.15, 0.2) is 39.9 Å². The van der Waals surface area contributed by atoms with Crippen LogP contribution in [0.2, 0.25) is 0 Å². The van der Waals surface area contributed by atoms with Crippen molar-refractivity contribution in [3.8, 4) is 5.69 Å². The van der Waals surface area contributed by atoms with E-state index in [1.165, 1.54) is 17.7 Å². The van der Waals surface area contributed by atoms with Crippen molar-refractivity contribution in [3.05, 3.63) is 56.7 Å². The third-order valence-electron chi connectivity index (χ3n) is 4.52. The van der Waals surface area contributed by atoms with Gasteiger partial charge in [-0.3, -0.25) is 19.5 Å². The number of pyridine rings is 1. The van der Waals surface area contributed by atoms with Crippen LogP contribution >= 0.6 is 0 Å². The molecule has 0 bridgehead atoms. The number of nitrogens with one attached hydrogen (secondary N) is 2. The van der Waals surface area contributed by atoms with Crippen molar-refractivity contribution in [1.29, 1.82) is 0 Å². The first-order chi connectivity index (χ1) is 13.4. The summed E-state index contributed by atoms with van der Waals surface area (Å²) >= 11 is 0. The number of aromatic nitrogens is 3. The van der Waals surface area contributed by atoms with E-state index in [0.717, 1.165) is 0 Å². The maximum atomic E-state index is 13.0. The quantitative estimate of drug-likeness (QED) is 0.610. The van der Waals surface area contributed by atoms with E-state index in [9.17, 15) is 14.4 Å². The van der Waals surface area contributed by atoms with E-state index in [1.807, 2.05) is 6.92 Å². The second-order valence-electron chi connectivity index (χ2n) is 6.54. The molecule has 2 N–H and O–H groups in total. The van der Waals surface area contributed by atoms with Gasteiger partial charge < -0.3 is 14.6 Å². The number of aromatic amines is 1. The maximum Gasteiger partial charge on any atom is 0.280 e. The zero-order valence-corrected chi connectivity index (χ0v) is 16.2. The smallest absolute Gasteiger partial charge is 0.280 e. The number of nitrogens with zero attached hydrogens (tertiary/aromatic N) is 2. The van der Waals surface area contributed by atoms with Crippen molar-refractivity contribution < 1.29 is 9.53 Å². The van der Waals surface area contributed by atoms with Crippen molar-refractivity contribution >= 4 is 22.5 Å². The second kappa shape index (κ2) is 8.26. The van der Waals surface area contributed by atoms with Crippen molar-refractivity contribution in [2.45, 2.75) is 33.7 Å². The first-order valence-electron chi connectivity index (χ1n) is 9.23. The largest absolute Gasteiger partial charge is 0.382 e. The molecule has 28 heavy (non-hydrogen) atoms. The van der Waals surface area contributed by atoms with Crippen molar-refractivity contribution in [2.24, 2.45) is 0 Å². The van der Waals surface area contributed by atoms with Gasteiger partial charge in [-0.05, 0) is 38.5 Å². The molecule has 0 aliphatic carbocycles. The van der Waals surface area contributed by atoms with E-state index in [1.54, 1.807) is 35.8 Å². The fourth-order valence-corrected chi connectivity index (χ4v) is 3.26. The number of fused-ring (bicyclic) bond motifs is 1. The summed E-state index contributed by atoms with van der Waals surface area (Å²) in [5.41, 5.74) is 1.86. The van der Waals surface area contributed by atoms with E-state index < -0.39 is 0 Å². The Morgan fingerprint density at radius 1 is 1.25 bits per heavy atom. The number of hydrogen-bond acceptors (Lipinski definition) is 4. The average molecular weight is 384 g/mol. The van der Waals surface area contributed by atoms with Gasteiger partial charge in [-0.25, -0.2) is 4.68 Å². The fourth-order valence-electron chi connectivity index (χ4n) is 3.26. The van der Waals surface area contributed by atoms with Crippen LogP contribution in [0, 0.1) is 6.92 Å². The number of benzene rings is 1. The van der Waals surface area contributed by atoms with Gasteiger partial charge in [-0.2, -0.15) is 0 Å². The van der Waals surface area contributed by atoms with Crippen LogP contribution in [0.4, 0.5) is 5.69 Å². The monoisotopic (exact) mass is 384 g/mol. The molecule has 0 unspecified atom stereocenters. The molecule has 0 fully saturated rings. The highest BCUT2D eigenvalue weighted by molar-refractivity contribution is 5.89. The molecule has 3 rings (SSSR count). The second-order valence-corrected chi connectivity index (χ2v) is 6.54. The van der Waals surface area contributed by atoms with E-state index in [2.05, 4.69) is 10.4 Å². The molecule has 1 amide bonds. The summed E-state index contributed by atoms with van der Waals surface area (Å²) in [7, 11) is 0. The lowest BCUT2D eigenvalue weighted by Gasteiger charge is -2.09. The number of H-pyrrole nitrogens is 1. The highest BCUT2D eigenvalue weighted by Gasteiger charge is 2.15. The molecule has 0 aliphatic rings. The molecule has 8 nitrogen and oxygen atoms in total. The summed E-state index contributed by atoms with van der Waals surface area (Å²) in [4.78, 5) is 36.8. The molecule has 0 saturated carbocycles. The molecule has 3 aromatic rings. The summed E-state index contributed by atoms with van der Waals surface area (Å²) in [6.45, 7) is 6.81. The molecule has 1 aromatic carbocycles. The van der Waals surface area contributed by atoms with Crippen LogP contribution in [0.5, 0.6) is 0 Å². The van der Waals surface area contributed by atoms with Crippen LogP contribution in [-0.2, 0) is 16.1 Å². The SMILES string of the molecule is CCOCCCn1c(C)c2c(=O)n(-c3cccc(NC(C)=O)c3)[nH]c2cc1=O. The summed E-state index contributed by atoms with van der Waals surface area (Å²) in [5.74, 6) is -0.193. The Balaban J connectivity index is 2.04. The lowest BCUT2D eigenvalue weighted by atomic mass is 10.2. The predicted octanol–water partition coefficient (Wildman–Crippen LogP) is 2.17. The minimum Gasteiger partial charge on any atom is -0.382 e. The molecular weight excluding hydrogens is 360 g/mol. The molecule has 0 radical (unpaired) electrons. The summed E-state index contributed by atoms with van der Waals surface area (Å²) in [5, 5.41) is 6.17. The third-order valence-corrected chi connectivity index (χ3v) is 4.52. The first kappa shape index (κ1) is 19.6. The summed E-state index contributed by atoms with van der Waals surface area (Å²) in [6, 6.07) is 8.39. The van der Waals surface area contributed by atoms with Gasteiger partial charge in [-0.1, -0.05) is 6.07 Å². The van der Waals surface area contributed by atoms with Gasteiger partial charge in [-0.15, -0.1) is 0 Å². The Morgan fingerprint density at radius 3 is 2.75 bits per heavy atom. The van der Waals surface area contributed by atoms with Gasteiger partial charge in [0.05, 0.1) is 16.6 Å². The third kappa shape index (κ3) is 3.91. The molecule has 2 heterocycles. The molecule has 2 aromatic heterocycles. The average Bonchev–Trinajstić information content (AvgIpc) is 2.97. The van der Waals surface area contributed by atoms with E-state index in [-0.39, 0.29) is 17.0 Å². The van der Waals surface area contributed by atoms with Crippen LogP contribution in [0.25, 0.3) is 16.6 Å². The number of anilines is 1. The predicted molar refractivity (Wildman–Crippen MR) is 108 cm³/mol. The number of carbonyl (C=O) groups is 1. The van der Waals surface area contributed by atoms with Crippen LogP contribution in [0.3, 0.4) is 0 Å². The minimum atomic E-state index is -0.244. The van der Waals surface area contributed by atoms with Gasteiger partial charge in [0.2, 0.25) is 5.91 Å². The fraction of sp³-hybridized carbons (Fsp3) is 0.350. The highest BCUT2D eigenvalue weighted by atomic mass is 16.5. The normalized spacial score (nSPS) is 11.1. The number of carbonyl (C=O) groups excluding carboxylic acids is 1. The number of amides is 1. The van der Waals surface area contributed by atoms with Crippen molar-refractivity contribution in [1.82, 2.24) is 14.3 Å². The lowest BCUT2D eigenvalue weighted by Crippen LogP contribution is -2.24. The molecule has 0 saturated heterocycles. The summed E-state index contributed by atoms with van der Waals surface area (Å²) in [6.07, 6.45) is 0.692. The van der Waals surface area contributed by atoms with E-state index >= 15 is 0 Å². The zero-order valence-electron chi connectivity index (χ0n) is 16.2. The Morgan fingerprint density at radius 2 is 2.04 bits per heavy atom. The Kier molecular flexibility index (Phi) is 5.79. The van der Waals surface area contributed by atoms with Gasteiger partial charge in [0.15, 0.2) is 0 Å². The van der Waals surface area contributed by atoms with Gasteiger partial charge in [0.1, 0.15) is 0 Å². The van der Waals surface area contributed by atoms with Crippen molar-refractivity contribution in [3.63, 3.8) is 0 Å². The topological polar surface area (TPSA) is 98.1 Å². The number of ether oxygens (including phenoxy) is 1. The molecule has 0 atom stereocenters. The first-order valence-corrected chi connectivity index (χ1v) is 9.23. The zero-order chi connectivity index (χ0) is 20.3. The Labute approximate surface area is 161 Å². The molecule has 0 aliphatic heterocycles. The molecule has 148 valence electrons. The number of aryl methyl sites for hydroxylation is 1. The standard InChI is InChI=1S/C20H24N4O4/c1-4-28-10-6-9-23-13(2)19-17(12-18(23)26)22-24(20(19)27)16-8-5-7-15(11-16)21-14(3)25/h5,7-8,11-12,22H,4,6,9-10H2,1-3H3,(H,21,25). The minimum absolute atomic E-state index is 0.165. The molecule has 8 heteroatoms. The van der Waals surface area contributed by atoms with Crippen molar-refractivity contribution in [2.75, 3.05) is 18.5 Å². The highest BCUT2D eigenvalue weighted by Crippen LogP contribution is 2.16. The Hall–Kier alpha value is -3.13. The van der Waals surface area contributed by atoms with Crippen LogP contribution < -0.4 is 16.4 Å².